The smallest absolute Gasteiger partial charge is 0.142 e. The van der Waals surface area contributed by atoms with Gasteiger partial charge in [0.1, 0.15) is 5.82 Å². The summed E-state index contributed by atoms with van der Waals surface area (Å²) in [6, 6.07) is 5.04. The van der Waals surface area contributed by atoms with Crippen molar-refractivity contribution in [3.05, 3.63) is 34.6 Å². The maximum atomic E-state index is 13.2. The minimum Gasteiger partial charge on any atom is -0.383 e. The fraction of sp³-hybridized carbons (Fsp3) is 0.500. The Labute approximate surface area is 101 Å². The van der Waals surface area contributed by atoms with Gasteiger partial charge in [-0.05, 0) is 24.6 Å². The number of halogens is 2. The lowest BCUT2D eigenvalue weighted by Crippen LogP contribution is -2.35. The first-order valence-corrected chi connectivity index (χ1v) is 5.72. The molecule has 0 radical (unpaired) electrons. The molecule has 4 heteroatoms. The number of hydrogen-bond acceptors (Lipinski definition) is 2. The molecule has 0 aliphatic heterocycles. The van der Waals surface area contributed by atoms with Crippen molar-refractivity contribution in [2.75, 3.05) is 20.3 Å². The Hall–Kier alpha value is -0.640. The van der Waals surface area contributed by atoms with Crippen LogP contribution in [0.2, 0.25) is 5.02 Å². The van der Waals surface area contributed by atoms with E-state index in [-0.39, 0.29) is 16.9 Å². The van der Waals surface area contributed by atoms with Gasteiger partial charge in [0.2, 0.25) is 0 Å². The van der Waals surface area contributed by atoms with Crippen LogP contribution in [0.25, 0.3) is 0 Å². The van der Waals surface area contributed by atoms with Crippen molar-refractivity contribution in [3.63, 3.8) is 0 Å². The van der Waals surface area contributed by atoms with Crippen molar-refractivity contribution in [2.24, 2.45) is 0 Å². The van der Waals surface area contributed by atoms with Crippen molar-refractivity contribution >= 4 is 11.6 Å². The van der Waals surface area contributed by atoms with Gasteiger partial charge in [0.05, 0.1) is 11.6 Å². The fourth-order valence-corrected chi connectivity index (χ4v) is 1.85. The zero-order chi connectivity index (χ0) is 12.0. The van der Waals surface area contributed by atoms with E-state index >= 15 is 0 Å². The predicted octanol–water partition coefficient (Wildman–Crippen LogP) is 2.65. The van der Waals surface area contributed by atoms with Gasteiger partial charge >= 0.3 is 0 Å². The number of rotatable bonds is 6. The zero-order valence-corrected chi connectivity index (χ0v) is 10.4. The minimum absolute atomic E-state index is 0.161. The van der Waals surface area contributed by atoms with Gasteiger partial charge in [-0.3, -0.25) is 0 Å². The Morgan fingerprint density at radius 3 is 2.88 bits per heavy atom. The average Bonchev–Trinajstić information content (AvgIpc) is 2.25. The molecule has 0 amide bonds. The van der Waals surface area contributed by atoms with Gasteiger partial charge in [0.25, 0.3) is 0 Å². The molecular weight excluding hydrogens is 229 g/mol. The molecule has 1 rings (SSSR count). The van der Waals surface area contributed by atoms with Crippen LogP contribution in [0.5, 0.6) is 0 Å². The minimum atomic E-state index is -0.369. The third-order valence-electron chi connectivity index (χ3n) is 2.36. The van der Waals surface area contributed by atoms with Crippen LogP contribution in [0.4, 0.5) is 4.39 Å². The van der Waals surface area contributed by atoms with Crippen molar-refractivity contribution in [3.8, 4) is 0 Å². The molecule has 1 aromatic rings. The molecule has 0 bridgehead atoms. The summed E-state index contributed by atoms with van der Waals surface area (Å²) in [5.74, 6) is -0.369. The Balaban J connectivity index is 2.72. The van der Waals surface area contributed by atoms with E-state index in [1.165, 1.54) is 6.07 Å². The van der Waals surface area contributed by atoms with Gasteiger partial charge in [-0.1, -0.05) is 30.7 Å². The lowest BCUT2D eigenvalue weighted by atomic mass is 10.1. The third-order valence-corrected chi connectivity index (χ3v) is 2.78. The zero-order valence-electron chi connectivity index (χ0n) is 9.59. The first-order chi connectivity index (χ1) is 7.69. The highest BCUT2D eigenvalue weighted by Crippen LogP contribution is 2.20. The second kappa shape index (κ2) is 6.84. The van der Waals surface area contributed by atoms with E-state index in [9.17, 15) is 4.39 Å². The Morgan fingerprint density at radius 1 is 1.50 bits per heavy atom. The highest BCUT2D eigenvalue weighted by atomic mass is 35.5. The summed E-state index contributed by atoms with van der Waals surface area (Å²) in [6.45, 7) is 3.46. The summed E-state index contributed by atoms with van der Waals surface area (Å²) in [5.41, 5.74) is 0.810. The molecule has 0 aliphatic carbocycles. The fourth-order valence-electron chi connectivity index (χ4n) is 1.65. The Kier molecular flexibility index (Phi) is 5.74. The van der Waals surface area contributed by atoms with Crippen LogP contribution in [0.15, 0.2) is 18.2 Å². The highest BCUT2D eigenvalue weighted by molar-refractivity contribution is 6.31. The number of nitrogens with one attached hydrogen (secondary N) is 1. The van der Waals surface area contributed by atoms with Gasteiger partial charge in [-0.25, -0.2) is 4.39 Å². The summed E-state index contributed by atoms with van der Waals surface area (Å²) in [4.78, 5) is 0. The second-order valence-corrected chi connectivity index (χ2v) is 4.00. The third kappa shape index (κ3) is 3.74. The molecule has 2 nitrogen and oxygen atoms in total. The number of ether oxygens (including phenoxy) is 1. The molecule has 0 aliphatic rings. The number of hydrogen-bond donors (Lipinski definition) is 1. The quantitative estimate of drug-likeness (QED) is 0.832. The van der Waals surface area contributed by atoms with Gasteiger partial charge in [0, 0.05) is 13.2 Å². The molecule has 1 atom stereocenters. The molecule has 90 valence electrons. The topological polar surface area (TPSA) is 21.3 Å². The summed E-state index contributed by atoms with van der Waals surface area (Å²) in [7, 11) is 1.65. The van der Waals surface area contributed by atoms with Crippen LogP contribution < -0.4 is 5.32 Å². The van der Waals surface area contributed by atoms with E-state index in [1.807, 2.05) is 13.0 Å². The van der Waals surface area contributed by atoms with Crippen molar-refractivity contribution in [2.45, 2.75) is 19.4 Å². The van der Waals surface area contributed by atoms with Crippen LogP contribution in [-0.4, -0.2) is 26.3 Å². The van der Waals surface area contributed by atoms with Gasteiger partial charge in [-0.15, -0.1) is 0 Å². The molecule has 0 aromatic heterocycles. The van der Waals surface area contributed by atoms with E-state index in [4.69, 9.17) is 16.3 Å². The molecular formula is C12H17ClFNO. The number of methoxy groups -OCH3 is 1. The molecule has 0 saturated carbocycles. The van der Waals surface area contributed by atoms with Crippen LogP contribution >= 0.6 is 11.6 Å². The molecule has 1 unspecified atom stereocenters. The van der Waals surface area contributed by atoms with Crippen molar-refractivity contribution in [1.82, 2.24) is 5.32 Å². The summed E-state index contributed by atoms with van der Waals surface area (Å²) in [6.07, 6.45) is 0.665. The van der Waals surface area contributed by atoms with Crippen LogP contribution in [0.1, 0.15) is 12.5 Å². The SMILES string of the molecule is CCNC(COC)Cc1cccc(F)c1Cl. The first kappa shape index (κ1) is 13.4. The predicted molar refractivity (Wildman–Crippen MR) is 64.5 cm³/mol. The maximum Gasteiger partial charge on any atom is 0.142 e. The molecule has 0 heterocycles. The molecule has 1 N–H and O–H groups in total. The van der Waals surface area contributed by atoms with Gasteiger partial charge in [0.15, 0.2) is 0 Å². The average molecular weight is 246 g/mol. The standard InChI is InChI=1S/C12H17ClFNO/c1-3-15-10(8-16-2)7-9-5-4-6-11(14)12(9)13/h4-6,10,15H,3,7-8H2,1-2H3. The van der Waals surface area contributed by atoms with E-state index < -0.39 is 0 Å². The van der Waals surface area contributed by atoms with E-state index in [0.29, 0.717) is 13.0 Å². The lowest BCUT2D eigenvalue weighted by Gasteiger charge is -2.17. The lowest BCUT2D eigenvalue weighted by molar-refractivity contribution is 0.167. The summed E-state index contributed by atoms with van der Waals surface area (Å²) < 4.78 is 18.3. The van der Waals surface area contributed by atoms with Crippen molar-refractivity contribution < 1.29 is 9.13 Å². The van der Waals surface area contributed by atoms with Crippen LogP contribution in [0.3, 0.4) is 0 Å². The number of likely N-dealkylation sites (N-methyl/N-ethyl adjacent to an activating group) is 1. The normalized spacial score (nSPS) is 12.8. The molecule has 0 fully saturated rings. The first-order valence-electron chi connectivity index (χ1n) is 5.34. The van der Waals surface area contributed by atoms with Gasteiger partial charge < -0.3 is 10.1 Å². The summed E-state index contributed by atoms with van der Waals surface area (Å²) in [5, 5.41) is 3.48. The second-order valence-electron chi connectivity index (χ2n) is 3.63. The Morgan fingerprint density at radius 2 is 2.25 bits per heavy atom. The molecule has 0 spiro atoms. The van der Waals surface area contributed by atoms with E-state index in [0.717, 1.165) is 12.1 Å². The Bertz CT molecular complexity index is 327. The number of benzene rings is 1. The van der Waals surface area contributed by atoms with Crippen LogP contribution in [-0.2, 0) is 11.2 Å². The molecule has 16 heavy (non-hydrogen) atoms. The monoisotopic (exact) mass is 245 g/mol. The van der Waals surface area contributed by atoms with E-state index in [1.54, 1.807) is 13.2 Å². The van der Waals surface area contributed by atoms with Crippen LogP contribution in [0, 0.1) is 5.82 Å². The summed E-state index contributed by atoms with van der Waals surface area (Å²) >= 11 is 5.89. The van der Waals surface area contributed by atoms with Crippen molar-refractivity contribution in [1.29, 1.82) is 0 Å². The van der Waals surface area contributed by atoms with Gasteiger partial charge in [-0.2, -0.15) is 0 Å². The largest absolute Gasteiger partial charge is 0.383 e. The molecule has 1 aromatic carbocycles. The molecule has 0 saturated heterocycles. The highest BCUT2D eigenvalue weighted by Gasteiger charge is 2.12. The maximum absolute atomic E-state index is 13.2. The van der Waals surface area contributed by atoms with E-state index in [2.05, 4.69) is 5.32 Å².